The van der Waals surface area contributed by atoms with Crippen LogP contribution in [0.25, 0.3) is 0 Å². The monoisotopic (exact) mass is 397 g/mol. The molecule has 0 radical (unpaired) electrons. The molecule has 1 atom stereocenters. The first-order chi connectivity index (χ1) is 13.6. The van der Waals surface area contributed by atoms with Crippen molar-refractivity contribution in [3.8, 4) is 5.75 Å². The van der Waals surface area contributed by atoms with E-state index in [-0.39, 0.29) is 30.9 Å². The molecule has 2 N–H and O–H groups in total. The van der Waals surface area contributed by atoms with Crippen molar-refractivity contribution < 1.29 is 14.3 Å². The van der Waals surface area contributed by atoms with E-state index in [0.29, 0.717) is 22.4 Å². The molecule has 0 aliphatic carbocycles. The molecule has 0 saturated heterocycles. The van der Waals surface area contributed by atoms with Crippen LogP contribution in [0.3, 0.4) is 0 Å². The number of fused-ring (bicyclic) bond motifs is 1. The zero-order chi connectivity index (χ0) is 19.5. The number of aromatic nitrogens is 3. The first-order valence-electron chi connectivity index (χ1n) is 8.56. The maximum atomic E-state index is 12.1. The molecule has 142 valence electrons. The fourth-order valence-corrected chi connectivity index (χ4v) is 3.08. The van der Waals surface area contributed by atoms with Crippen LogP contribution in [0.5, 0.6) is 5.75 Å². The van der Waals surface area contributed by atoms with Crippen LogP contribution in [-0.4, -0.2) is 33.2 Å². The molecule has 0 spiro atoms. The molecule has 2 aromatic carbocycles. The van der Waals surface area contributed by atoms with Gasteiger partial charge in [0, 0.05) is 10.7 Å². The minimum Gasteiger partial charge on any atom is -0.484 e. The average molecular weight is 398 g/mol. The summed E-state index contributed by atoms with van der Waals surface area (Å²) < 4.78 is 7.27. The first kappa shape index (κ1) is 18.0. The van der Waals surface area contributed by atoms with Crippen molar-refractivity contribution in [2.24, 2.45) is 0 Å². The summed E-state index contributed by atoms with van der Waals surface area (Å²) in [5.41, 5.74) is 1.48. The number of nitrogens with zero attached hydrogens (tertiary/aromatic N) is 3. The number of nitrogens with one attached hydrogen (secondary N) is 2. The lowest BCUT2D eigenvalue weighted by molar-refractivity contribution is -0.118. The van der Waals surface area contributed by atoms with Gasteiger partial charge >= 0.3 is 0 Å². The minimum absolute atomic E-state index is 0.126. The van der Waals surface area contributed by atoms with Crippen molar-refractivity contribution in [1.29, 1.82) is 0 Å². The van der Waals surface area contributed by atoms with Gasteiger partial charge in [0.2, 0.25) is 11.9 Å². The SMILES string of the molecule is O=C(COc1cccc(C2CC(=O)Nc3ncnn32)c1)Nc1ccc(Cl)cc1. The summed E-state index contributed by atoms with van der Waals surface area (Å²) >= 11 is 5.83. The quantitative estimate of drug-likeness (QED) is 0.689. The number of rotatable bonds is 5. The number of hydrogen-bond acceptors (Lipinski definition) is 5. The van der Waals surface area contributed by atoms with E-state index in [1.807, 2.05) is 12.1 Å². The molecule has 0 saturated carbocycles. The lowest BCUT2D eigenvalue weighted by atomic mass is 10.0. The summed E-state index contributed by atoms with van der Waals surface area (Å²) in [7, 11) is 0. The lowest BCUT2D eigenvalue weighted by Crippen LogP contribution is -2.29. The van der Waals surface area contributed by atoms with Crippen LogP contribution < -0.4 is 15.4 Å². The highest BCUT2D eigenvalue weighted by Crippen LogP contribution is 2.30. The Morgan fingerprint density at radius 3 is 2.93 bits per heavy atom. The molecule has 0 fully saturated rings. The molecule has 1 aliphatic heterocycles. The van der Waals surface area contributed by atoms with Crippen LogP contribution in [-0.2, 0) is 9.59 Å². The molecule has 0 bridgehead atoms. The molecule has 1 aliphatic rings. The van der Waals surface area contributed by atoms with Gasteiger partial charge in [-0.15, -0.1) is 0 Å². The van der Waals surface area contributed by atoms with Crippen molar-refractivity contribution in [1.82, 2.24) is 14.8 Å². The molecule has 1 unspecified atom stereocenters. The van der Waals surface area contributed by atoms with E-state index < -0.39 is 0 Å². The zero-order valence-electron chi connectivity index (χ0n) is 14.6. The maximum Gasteiger partial charge on any atom is 0.262 e. The van der Waals surface area contributed by atoms with Crippen LogP contribution >= 0.6 is 11.6 Å². The fourth-order valence-electron chi connectivity index (χ4n) is 2.96. The number of halogens is 1. The average Bonchev–Trinajstić information content (AvgIpc) is 3.16. The smallest absolute Gasteiger partial charge is 0.262 e. The van der Waals surface area contributed by atoms with E-state index in [1.54, 1.807) is 41.1 Å². The van der Waals surface area contributed by atoms with E-state index in [4.69, 9.17) is 16.3 Å². The number of ether oxygens (including phenoxy) is 1. The summed E-state index contributed by atoms with van der Waals surface area (Å²) in [5.74, 6) is 0.522. The number of anilines is 2. The molecule has 9 heteroatoms. The number of hydrogen-bond donors (Lipinski definition) is 2. The molecule has 28 heavy (non-hydrogen) atoms. The molecule has 2 heterocycles. The molecular weight excluding hydrogens is 382 g/mol. The van der Waals surface area contributed by atoms with Crippen molar-refractivity contribution in [2.75, 3.05) is 17.2 Å². The Labute approximate surface area is 165 Å². The van der Waals surface area contributed by atoms with Crippen LogP contribution in [0.1, 0.15) is 18.0 Å². The summed E-state index contributed by atoms with van der Waals surface area (Å²) in [6.45, 7) is -0.147. The molecule has 4 rings (SSSR count). The topological polar surface area (TPSA) is 98.1 Å². The normalized spacial score (nSPS) is 15.5. The fraction of sp³-hybridized carbons (Fsp3) is 0.158. The van der Waals surface area contributed by atoms with Gasteiger partial charge in [0.1, 0.15) is 12.1 Å². The Morgan fingerprint density at radius 1 is 1.29 bits per heavy atom. The van der Waals surface area contributed by atoms with E-state index in [9.17, 15) is 9.59 Å². The second kappa shape index (κ2) is 7.69. The van der Waals surface area contributed by atoms with E-state index in [2.05, 4.69) is 20.7 Å². The summed E-state index contributed by atoms with van der Waals surface area (Å²) in [4.78, 5) is 28.0. The van der Waals surface area contributed by atoms with Gasteiger partial charge in [0.25, 0.3) is 5.91 Å². The Bertz CT molecular complexity index is 1020. The highest BCUT2D eigenvalue weighted by Gasteiger charge is 2.27. The molecular formula is C19H16ClN5O3. The van der Waals surface area contributed by atoms with Crippen LogP contribution in [0.2, 0.25) is 5.02 Å². The predicted octanol–water partition coefficient (Wildman–Crippen LogP) is 2.88. The third-order valence-electron chi connectivity index (χ3n) is 4.24. The maximum absolute atomic E-state index is 12.1. The van der Waals surface area contributed by atoms with Crippen LogP contribution in [0.15, 0.2) is 54.9 Å². The highest BCUT2D eigenvalue weighted by atomic mass is 35.5. The number of amides is 2. The van der Waals surface area contributed by atoms with Gasteiger partial charge in [-0.3, -0.25) is 14.9 Å². The number of benzene rings is 2. The second-order valence-corrected chi connectivity index (χ2v) is 6.65. The van der Waals surface area contributed by atoms with Crippen molar-refractivity contribution in [3.63, 3.8) is 0 Å². The minimum atomic E-state index is -0.289. The predicted molar refractivity (Wildman–Crippen MR) is 103 cm³/mol. The third kappa shape index (κ3) is 3.96. The molecule has 1 aromatic heterocycles. The standard InChI is InChI=1S/C19H16ClN5O3/c20-13-4-6-14(7-5-13)23-18(27)10-28-15-3-1-2-12(8-15)16-9-17(26)24-19-21-11-22-25(16)19/h1-8,11,16H,9-10H2,(H,23,27)(H,21,22,24,26). The van der Waals surface area contributed by atoms with Crippen molar-refractivity contribution in [3.05, 3.63) is 65.4 Å². The Hall–Kier alpha value is -3.39. The van der Waals surface area contributed by atoms with Gasteiger partial charge in [-0.1, -0.05) is 23.7 Å². The van der Waals surface area contributed by atoms with Gasteiger partial charge in [-0.2, -0.15) is 10.1 Å². The Morgan fingerprint density at radius 2 is 2.11 bits per heavy atom. The van der Waals surface area contributed by atoms with Gasteiger partial charge in [0.05, 0.1) is 12.5 Å². The second-order valence-electron chi connectivity index (χ2n) is 6.21. The van der Waals surface area contributed by atoms with E-state index in [0.717, 1.165) is 5.56 Å². The van der Waals surface area contributed by atoms with Gasteiger partial charge in [-0.05, 0) is 42.0 Å². The molecule has 2 amide bonds. The largest absolute Gasteiger partial charge is 0.484 e. The zero-order valence-corrected chi connectivity index (χ0v) is 15.4. The molecule has 8 nitrogen and oxygen atoms in total. The van der Waals surface area contributed by atoms with Gasteiger partial charge in [0.15, 0.2) is 6.61 Å². The summed E-state index contributed by atoms with van der Waals surface area (Å²) in [5, 5.41) is 10.2. The van der Waals surface area contributed by atoms with E-state index in [1.165, 1.54) is 6.33 Å². The van der Waals surface area contributed by atoms with E-state index >= 15 is 0 Å². The summed E-state index contributed by atoms with van der Waals surface area (Å²) in [6, 6.07) is 13.8. The number of carbonyl (C=O) groups is 2. The van der Waals surface area contributed by atoms with Crippen LogP contribution in [0, 0.1) is 0 Å². The lowest BCUT2D eigenvalue weighted by Gasteiger charge is -2.24. The van der Waals surface area contributed by atoms with Crippen molar-refractivity contribution >= 4 is 35.1 Å². The van der Waals surface area contributed by atoms with Gasteiger partial charge < -0.3 is 10.1 Å². The van der Waals surface area contributed by atoms with Gasteiger partial charge in [-0.25, -0.2) is 4.68 Å². The molecule has 3 aromatic rings. The highest BCUT2D eigenvalue weighted by molar-refractivity contribution is 6.30. The first-order valence-corrected chi connectivity index (χ1v) is 8.94. The van der Waals surface area contributed by atoms with Crippen LogP contribution in [0.4, 0.5) is 11.6 Å². The summed E-state index contributed by atoms with van der Waals surface area (Å²) in [6.07, 6.45) is 1.65. The third-order valence-corrected chi connectivity index (χ3v) is 4.49. The Balaban J connectivity index is 1.42. The van der Waals surface area contributed by atoms with Crippen molar-refractivity contribution in [2.45, 2.75) is 12.5 Å². The Kier molecular flexibility index (Phi) is 4.94. The number of carbonyl (C=O) groups excluding carboxylic acids is 2.